The number of nitrogens with zero attached hydrogens (tertiary/aromatic N) is 11. The summed E-state index contributed by atoms with van der Waals surface area (Å²) in [5.74, 6) is -5.32. The number of aryl methyl sites for hydroxylation is 7. The second kappa shape index (κ2) is 28.4. The van der Waals surface area contributed by atoms with E-state index in [-0.39, 0.29) is 115 Å². The molecule has 0 unspecified atom stereocenters. The van der Waals surface area contributed by atoms with Crippen LogP contribution < -0.4 is 53.2 Å². The van der Waals surface area contributed by atoms with Crippen LogP contribution in [-0.2, 0) is 92.4 Å². The van der Waals surface area contributed by atoms with E-state index in [0.29, 0.717) is 11.5 Å². The third kappa shape index (κ3) is 17.7. The first-order valence-corrected chi connectivity index (χ1v) is 26.7. The lowest BCUT2D eigenvalue weighted by Crippen LogP contribution is -2.32. The molecule has 0 spiro atoms. The van der Waals surface area contributed by atoms with Crippen LogP contribution >= 0.6 is 0 Å². The van der Waals surface area contributed by atoms with Gasteiger partial charge in [0.1, 0.15) is 23.4 Å². The lowest BCUT2D eigenvalue weighted by atomic mass is 10.2. The van der Waals surface area contributed by atoms with E-state index in [0.717, 1.165) is 0 Å². The van der Waals surface area contributed by atoms with Gasteiger partial charge in [-0.2, -0.15) is 9.97 Å². The average molecular weight is 1200 g/mol. The average Bonchev–Trinajstić information content (AvgIpc) is 2.63. The fraction of sp³-hybridized carbons (Fsp3) is 0.340. The Morgan fingerprint density at radius 1 is 0.460 bits per heavy atom. The lowest BCUT2D eigenvalue weighted by Gasteiger charge is -2.10. The smallest absolute Gasteiger partial charge is 0.306 e. The summed E-state index contributed by atoms with van der Waals surface area (Å²) in [6.45, 7) is 1.86. The Morgan fingerprint density at radius 2 is 0.943 bits per heavy atom. The number of carbonyl (C=O) groups is 11. The van der Waals surface area contributed by atoms with E-state index < -0.39 is 77.6 Å². The number of imidazole rings is 4. The topological polar surface area (TPSA) is 424 Å². The third-order valence-corrected chi connectivity index (χ3v) is 12.6. The molecule has 0 aliphatic heterocycles. The van der Waals surface area contributed by atoms with Gasteiger partial charge >= 0.3 is 5.97 Å². The Balaban J connectivity index is 0.778. The summed E-state index contributed by atoms with van der Waals surface area (Å²) in [5, 5.41) is 36.7. The molecular formula is C53H65N21O13. The van der Waals surface area contributed by atoms with E-state index in [1.54, 1.807) is 70.7 Å². The molecule has 34 nitrogen and oxygen atoms in total. The van der Waals surface area contributed by atoms with Crippen molar-refractivity contribution in [2.24, 2.45) is 49.3 Å². The van der Waals surface area contributed by atoms with E-state index in [2.05, 4.69) is 73.1 Å². The predicted octanol–water partition coefficient (Wildman–Crippen LogP) is 2.11. The summed E-state index contributed by atoms with van der Waals surface area (Å²) in [7, 11) is 11.2. The van der Waals surface area contributed by atoms with Crippen molar-refractivity contribution in [1.29, 1.82) is 0 Å². The molecule has 7 heterocycles. The molecule has 10 amide bonds. The fourth-order valence-electron chi connectivity index (χ4n) is 8.30. The molecule has 0 aliphatic rings. The molecule has 460 valence electrons. The van der Waals surface area contributed by atoms with Gasteiger partial charge in [0.2, 0.25) is 53.2 Å². The maximum absolute atomic E-state index is 13.3. The minimum atomic E-state index is -1.80. The Bertz CT molecular complexity index is 3780. The van der Waals surface area contributed by atoms with Crippen molar-refractivity contribution < 1.29 is 62.6 Å². The molecule has 11 N–H and O–H groups in total. The number of anilines is 10. The highest BCUT2D eigenvalue weighted by Crippen LogP contribution is 2.23. The molecule has 7 aromatic heterocycles. The number of hydrogen-bond acceptors (Lipinski definition) is 17. The number of amides is 10. The van der Waals surface area contributed by atoms with Crippen LogP contribution in [-0.4, -0.2) is 135 Å². The van der Waals surface area contributed by atoms with Crippen molar-refractivity contribution in [3.05, 3.63) is 85.1 Å². The van der Waals surface area contributed by atoms with Crippen molar-refractivity contribution in [3.63, 3.8) is 0 Å². The summed E-state index contributed by atoms with van der Waals surface area (Å²) >= 11 is 0. The number of aliphatic hydroxyl groups is 1. The molecule has 0 fully saturated rings. The number of aromatic nitrogens is 11. The van der Waals surface area contributed by atoms with Gasteiger partial charge in [-0.1, -0.05) is 0 Å². The van der Waals surface area contributed by atoms with E-state index in [4.69, 9.17) is 4.74 Å². The van der Waals surface area contributed by atoms with Gasteiger partial charge in [0.15, 0.2) is 23.3 Å². The Hall–Kier alpha value is -11.2. The van der Waals surface area contributed by atoms with Gasteiger partial charge in [0, 0.05) is 143 Å². The molecule has 0 saturated heterocycles. The first kappa shape index (κ1) is 63.4. The number of hydrogen-bond donors (Lipinski definition) is 11. The minimum absolute atomic E-state index is 0.0547. The molecule has 0 aromatic carbocycles. The van der Waals surface area contributed by atoms with Gasteiger partial charge in [-0.05, 0) is 19.4 Å². The zero-order chi connectivity index (χ0) is 63.2. The quantitative estimate of drug-likeness (QED) is 0.0328. The molecule has 87 heavy (non-hydrogen) atoms. The molecule has 0 bridgehead atoms. The van der Waals surface area contributed by atoms with Gasteiger partial charge < -0.3 is 84.3 Å². The molecule has 0 radical (unpaired) electrons. The summed E-state index contributed by atoms with van der Waals surface area (Å²) in [6, 6.07) is 4.41. The first-order chi connectivity index (χ1) is 41.3. The zero-order valence-electron chi connectivity index (χ0n) is 48.6. The van der Waals surface area contributed by atoms with Crippen LogP contribution in [0.15, 0.2) is 67.8 Å². The van der Waals surface area contributed by atoms with E-state index in [1.807, 2.05) is 0 Å². The van der Waals surface area contributed by atoms with Crippen molar-refractivity contribution in [3.8, 4) is 0 Å². The van der Waals surface area contributed by atoms with Crippen LogP contribution in [0.2, 0.25) is 0 Å². The summed E-state index contributed by atoms with van der Waals surface area (Å²) in [6.07, 6.45) is 8.84. The molecule has 0 saturated carbocycles. The van der Waals surface area contributed by atoms with Gasteiger partial charge in [0.05, 0.1) is 36.5 Å². The van der Waals surface area contributed by atoms with Crippen LogP contribution in [0.3, 0.4) is 0 Å². The normalized spacial score (nSPS) is 11.2. The fourth-order valence-corrected chi connectivity index (χ4v) is 8.30. The maximum Gasteiger partial charge on any atom is 0.306 e. The monoisotopic (exact) mass is 1200 g/mol. The first-order valence-electron chi connectivity index (χ1n) is 26.7. The van der Waals surface area contributed by atoms with Crippen LogP contribution in [0.1, 0.15) is 90.0 Å². The van der Waals surface area contributed by atoms with Crippen LogP contribution in [0.25, 0.3) is 0 Å². The van der Waals surface area contributed by atoms with Crippen molar-refractivity contribution in [2.75, 3.05) is 59.8 Å². The molecular weight excluding hydrogens is 1140 g/mol. The molecule has 1 atom stereocenters. The molecule has 34 heteroatoms. The van der Waals surface area contributed by atoms with Gasteiger partial charge in [-0.25, -0.2) is 9.97 Å². The van der Waals surface area contributed by atoms with E-state index in [1.165, 1.54) is 85.3 Å². The molecule has 7 aromatic rings. The number of aliphatic hydroxyl groups excluding tert-OH is 1. The highest BCUT2D eigenvalue weighted by Gasteiger charge is 2.25. The maximum atomic E-state index is 13.3. The standard InChI is InChI=1S/C53H65N21O13/c1-9-87-45(82)16-15-43(80)67-53-63-36(28-74(53)8)60-48(83)32-19-29(23-69(32)3)55-41(78)13-14-42(79)66-52-62-34(27-73(52)7)58-39(76)11-10-12-40(77)64-37-20-31(25-70(37)4)57-51(86)47-59-35(26-72(47)6)61-49(84)33(75)22-44(81)65-38-21-30(24-71(38)5)56-50(85)46-54-17-18-68(46)2/h17-21,23-28,33,75H,9-16,22H2,1-8H3,(H,55,78)(H,56,85)(H,57,86)(H,58,76)(H,60,83)(H,61,84)(H,64,77)(H,65,81)(H,62,66,79)(H,63,67,80)/t33-/m0/s1. The molecule has 0 aliphatic carbocycles. The Kier molecular flexibility index (Phi) is 20.7. The number of carbonyl (C=O) groups excluding carboxylic acids is 11. The summed E-state index contributed by atoms with van der Waals surface area (Å²) in [5.41, 5.74) is 1.09. The number of ether oxygens (including phenoxy) is 1. The van der Waals surface area contributed by atoms with Crippen molar-refractivity contribution in [1.82, 2.24) is 51.9 Å². The van der Waals surface area contributed by atoms with Crippen molar-refractivity contribution >= 4 is 123 Å². The Morgan fingerprint density at radius 3 is 1.52 bits per heavy atom. The second-order valence-electron chi connectivity index (χ2n) is 19.7. The lowest BCUT2D eigenvalue weighted by molar-refractivity contribution is -0.144. The third-order valence-electron chi connectivity index (χ3n) is 12.6. The number of rotatable bonds is 27. The SMILES string of the molecule is CCOC(=O)CCC(=O)Nc1nc(NC(=O)c2cc(NC(=O)CCC(=O)Nc3nc(NC(=O)CCCC(=O)Nc4cc(NC(=O)c5nc(NC(=O)[C@@H](O)CC(=O)Nc6cc(NC(=O)c7nccn7C)cn6C)cn5C)cn4C)cn3C)cn2C)cn1C. The highest BCUT2D eigenvalue weighted by atomic mass is 16.5. The highest BCUT2D eigenvalue weighted by molar-refractivity contribution is 6.06. The van der Waals surface area contributed by atoms with E-state index in [9.17, 15) is 57.8 Å². The van der Waals surface area contributed by atoms with Crippen LogP contribution in [0.5, 0.6) is 0 Å². The minimum Gasteiger partial charge on any atom is -0.466 e. The second-order valence-corrected chi connectivity index (χ2v) is 19.7. The number of esters is 1. The summed E-state index contributed by atoms with van der Waals surface area (Å²) < 4.78 is 15.2. The molecule has 7 rings (SSSR count). The van der Waals surface area contributed by atoms with Crippen molar-refractivity contribution in [2.45, 2.75) is 64.4 Å². The number of nitrogens with one attached hydrogen (secondary N) is 10. The van der Waals surface area contributed by atoms with Crippen LogP contribution in [0, 0.1) is 0 Å². The van der Waals surface area contributed by atoms with Gasteiger partial charge in [0.25, 0.3) is 23.6 Å². The largest absolute Gasteiger partial charge is 0.466 e. The van der Waals surface area contributed by atoms with E-state index >= 15 is 0 Å². The van der Waals surface area contributed by atoms with Crippen LogP contribution in [0.4, 0.5) is 58.0 Å². The van der Waals surface area contributed by atoms with Gasteiger partial charge in [-0.15, -0.1) is 0 Å². The Labute approximate surface area is 494 Å². The summed E-state index contributed by atoms with van der Waals surface area (Å²) in [4.78, 5) is 156. The predicted molar refractivity (Wildman–Crippen MR) is 313 cm³/mol. The van der Waals surface area contributed by atoms with Gasteiger partial charge in [-0.3, -0.25) is 63.4 Å². The zero-order valence-corrected chi connectivity index (χ0v) is 48.6.